The van der Waals surface area contributed by atoms with Crippen molar-refractivity contribution < 1.29 is 9.59 Å². The van der Waals surface area contributed by atoms with Gasteiger partial charge in [0.25, 0.3) is 0 Å². The smallest absolute Gasteiger partial charge is 0.159 e. The molecule has 0 N–H and O–H groups in total. The van der Waals surface area contributed by atoms with Gasteiger partial charge >= 0.3 is 0 Å². The van der Waals surface area contributed by atoms with Crippen molar-refractivity contribution >= 4 is 11.6 Å². The molecule has 0 heterocycles. The topological polar surface area (TPSA) is 34.1 Å². The minimum absolute atomic E-state index is 0.136. The largest absolute Gasteiger partial charge is 0.295 e. The lowest BCUT2D eigenvalue weighted by Crippen LogP contribution is -2.24. The van der Waals surface area contributed by atoms with E-state index in [0.29, 0.717) is 18.8 Å². The lowest BCUT2D eigenvalue weighted by molar-refractivity contribution is -0.120. The summed E-state index contributed by atoms with van der Waals surface area (Å²) in [7, 11) is 0. The first-order valence-corrected chi connectivity index (χ1v) is 4.55. The first-order chi connectivity index (χ1) is 5.77. The highest BCUT2D eigenvalue weighted by Gasteiger charge is 2.29. The Morgan fingerprint density at radius 3 is 2.83 bits per heavy atom. The van der Waals surface area contributed by atoms with Gasteiger partial charge < -0.3 is 0 Å². The highest BCUT2D eigenvalue weighted by molar-refractivity contribution is 6.04. The average molecular weight is 164 g/mol. The third-order valence-corrected chi connectivity index (χ3v) is 2.77. The molecule has 0 aromatic rings. The minimum atomic E-state index is 0.136. The van der Waals surface area contributed by atoms with E-state index >= 15 is 0 Å². The fraction of sp³-hybridized carbons (Fsp3) is 0.600. The standard InChI is InChI=1S/C10H12O2/c11-8-5-4-7-2-1-3-10(12)9(7)6-8/h6-7H,1-5H2. The average Bonchev–Trinajstić information content (AvgIpc) is 2.07. The summed E-state index contributed by atoms with van der Waals surface area (Å²) in [5.74, 6) is 0.750. The van der Waals surface area contributed by atoms with Crippen molar-refractivity contribution in [2.75, 3.05) is 0 Å². The van der Waals surface area contributed by atoms with Gasteiger partial charge in [0.1, 0.15) is 0 Å². The van der Waals surface area contributed by atoms with Crippen LogP contribution in [0.3, 0.4) is 0 Å². The molecule has 0 saturated heterocycles. The van der Waals surface area contributed by atoms with E-state index in [2.05, 4.69) is 0 Å². The molecule has 2 heteroatoms. The molecule has 0 radical (unpaired) electrons. The van der Waals surface area contributed by atoms with Crippen LogP contribution in [0.4, 0.5) is 0 Å². The van der Waals surface area contributed by atoms with E-state index in [0.717, 1.165) is 24.8 Å². The van der Waals surface area contributed by atoms with Gasteiger partial charge in [-0.25, -0.2) is 0 Å². The van der Waals surface area contributed by atoms with Crippen molar-refractivity contribution in [3.63, 3.8) is 0 Å². The summed E-state index contributed by atoms with van der Waals surface area (Å²) >= 11 is 0. The molecular weight excluding hydrogens is 152 g/mol. The number of fused-ring (bicyclic) bond motifs is 1. The molecule has 2 aliphatic rings. The number of carbonyl (C=O) groups is 2. The Labute approximate surface area is 71.6 Å². The van der Waals surface area contributed by atoms with Gasteiger partial charge in [-0.05, 0) is 31.3 Å². The Morgan fingerprint density at radius 2 is 2.00 bits per heavy atom. The van der Waals surface area contributed by atoms with Crippen LogP contribution in [0.2, 0.25) is 0 Å². The third-order valence-electron chi connectivity index (χ3n) is 2.77. The van der Waals surface area contributed by atoms with Crippen LogP contribution in [0.25, 0.3) is 0 Å². The van der Waals surface area contributed by atoms with Gasteiger partial charge in [-0.15, -0.1) is 0 Å². The fourth-order valence-corrected chi connectivity index (χ4v) is 2.10. The Hall–Kier alpha value is -0.920. The fourth-order valence-electron chi connectivity index (χ4n) is 2.10. The monoisotopic (exact) mass is 164 g/mol. The van der Waals surface area contributed by atoms with Gasteiger partial charge in [0, 0.05) is 18.4 Å². The van der Waals surface area contributed by atoms with Crippen LogP contribution in [0, 0.1) is 5.92 Å². The molecule has 0 spiro atoms. The second kappa shape index (κ2) is 2.85. The van der Waals surface area contributed by atoms with Crippen molar-refractivity contribution in [3.05, 3.63) is 11.6 Å². The van der Waals surface area contributed by atoms with Crippen LogP contribution >= 0.6 is 0 Å². The first-order valence-electron chi connectivity index (χ1n) is 4.55. The summed E-state index contributed by atoms with van der Waals surface area (Å²) in [6.45, 7) is 0. The molecule has 0 bridgehead atoms. The summed E-state index contributed by atoms with van der Waals surface area (Å²) in [6.07, 6.45) is 5.88. The number of hydrogen-bond acceptors (Lipinski definition) is 2. The normalized spacial score (nSPS) is 29.7. The molecule has 1 atom stereocenters. The highest BCUT2D eigenvalue weighted by atomic mass is 16.1. The van der Waals surface area contributed by atoms with Crippen LogP contribution in [-0.2, 0) is 9.59 Å². The van der Waals surface area contributed by atoms with Gasteiger partial charge in [-0.3, -0.25) is 9.59 Å². The minimum Gasteiger partial charge on any atom is -0.295 e. The maximum atomic E-state index is 11.4. The molecule has 64 valence electrons. The van der Waals surface area contributed by atoms with Gasteiger partial charge in [0.05, 0.1) is 0 Å². The Kier molecular flexibility index (Phi) is 1.83. The molecule has 0 amide bonds. The van der Waals surface area contributed by atoms with Crippen molar-refractivity contribution in [1.82, 2.24) is 0 Å². The molecule has 2 rings (SSSR count). The maximum Gasteiger partial charge on any atom is 0.159 e. The molecular formula is C10H12O2. The summed E-state index contributed by atoms with van der Waals surface area (Å²) in [5, 5.41) is 0. The van der Waals surface area contributed by atoms with Crippen molar-refractivity contribution in [2.45, 2.75) is 32.1 Å². The van der Waals surface area contributed by atoms with E-state index < -0.39 is 0 Å². The maximum absolute atomic E-state index is 11.4. The number of rotatable bonds is 0. The van der Waals surface area contributed by atoms with E-state index in [1.807, 2.05) is 0 Å². The van der Waals surface area contributed by atoms with Crippen molar-refractivity contribution in [1.29, 1.82) is 0 Å². The third kappa shape index (κ3) is 1.22. The van der Waals surface area contributed by atoms with Crippen LogP contribution in [-0.4, -0.2) is 11.6 Å². The summed E-state index contributed by atoms with van der Waals surface area (Å²) in [5.41, 5.74) is 0.817. The lowest BCUT2D eigenvalue weighted by atomic mass is 9.77. The second-order valence-corrected chi connectivity index (χ2v) is 3.62. The zero-order valence-electron chi connectivity index (χ0n) is 7.01. The molecule has 2 nitrogen and oxygen atoms in total. The second-order valence-electron chi connectivity index (χ2n) is 3.62. The summed E-state index contributed by atoms with van der Waals surface area (Å²) in [4.78, 5) is 22.4. The van der Waals surface area contributed by atoms with Crippen LogP contribution in [0.15, 0.2) is 11.6 Å². The first kappa shape index (κ1) is 7.71. The molecule has 0 aromatic heterocycles. The van der Waals surface area contributed by atoms with E-state index in [4.69, 9.17) is 0 Å². The van der Waals surface area contributed by atoms with Crippen LogP contribution in [0.1, 0.15) is 32.1 Å². The molecule has 12 heavy (non-hydrogen) atoms. The van der Waals surface area contributed by atoms with E-state index in [9.17, 15) is 9.59 Å². The van der Waals surface area contributed by atoms with Crippen molar-refractivity contribution in [3.8, 4) is 0 Å². The van der Waals surface area contributed by atoms with Crippen LogP contribution in [0.5, 0.6) is 0 Å². The predicted octanol–water partition coefficient (Wildman–Crippen LogP) is 1.64. The Balaban J connectivity index is 2.29. The predicted molar refractivity (Wildman–Crippen MR) is 44.7 cm³/mol. The van der Waals surface area contributed by atoms with Crippen LogP contribution < -0.4 is 0 Å². The van der Waals surface area contributed by atoms with Gasteiger partial charge in [0.15, 0.2) is 11.6 Å². The van der Waals surface area contributed by atoms with Gasteiger partial charge in [0.2, 0.25) is 0 Å². The summed E-state index contributed by atoms with van der Waals surface area (Å²) in [6, 6.07) is 0. The molecule has 2 aliphatic carbocycles. The van der Waals surface area contributed by atoms with Gasteiger partial charge in [-0.2, -0.15) is 0 Å². The Bertz CT molecular complexity index is 263. The lowest BCUT2D eigenvalue weighted by Gasteiger charge is -2.26. The highest BCUT2D eigenvalue weighted by Crippen LogP contribution is 2.33. The van der Waals surface area contributed by atoms with E-state index in [-0.39, 0.29) is 11.6 Å². The molecule has 1 unspecified atom stereocenters. The van der Waals surface area contributed by atoms with Crippen molar-refractivity contribution in [2.24, 2.45) is 5.92 Å². The molecule has 1 saturated carbocycles. The SMILES string of the molecule is O=C1C=C2C(=O)CCCC2CC1. The number of ketones is 2. The quantitative estimate of drug-likeness (QED) is 0.545. The molecule has 1 fully saturated rings. The summed E-state index contributed by atoms with van der Waals surface area (Å²) < 4.78 is 0. The number of carbonyl (C=O) groups excluding carboxylic acids is 2. The van der Waals surface area contributed by atoms with E-state index in [1.165, 1.54) is 0 Å². The zero-order chi connectivity index (χ0) is 8.55. The Morgan fingerprint density at radius 1 is 1.17 bits per heavy atom. The molecule has 0 aliphatic heterocycles. The van der Waals surface area contributed by atoms with E-state index in [1.54, 1.807) is 6.08 Å². The number of Topliss-reactive ketones (excluding diaryl/α,β-unsaturated/α-hetero) is 1. The number of allylic oxidation sites excluding steroid dienone is 2. The number of hydrogen-bond donors (Lipinski definition) is 0. The van der Waals surface area contributed by atoms with Gasteiger partial charge in [-0.1, -0.05) is 0 Å². The molecule has 0 aromatic carbocycles. The zero-order valence-corrected chi connectivity index (χ0v) is 7.01.